The molecule has 0 bridgehead atoms. The molecule has 0 unspecified atom stereocenters. The lowest BCUT2D eigenvalue weighted by Gasteiger charge is -2.00. The highest BCUT2D eigenvalue weighted by Gasteiger charge is 1.98. The molecule has 0 aliphatic heterocycles. The van der Waals surface area contributed by atoms with Crippen LogP contribution in [0.15, 0.2) is 30.3 Å². The molecular formula is C10H13NO2S. The Bertz CT molecular complexity index is 277. The quantitative estimate of drug-likeness (QED) is 0.443. The van der Waals surface area contributed by atoms with Gasteiger partial charge in [-0.1, -0.05) is 30.3 Å². The van der Waals surface area contributed by atoms with Crippen LogP contribution >= 0.6 is 11.8 Å². The molecule has 0 aliphatic rings. The SMILES string of the molecule is O=C(CCSCc1ccccc1)NO. The van der Waals surface area contributed by atoms with Gasteiger partial charge < -0.3 is 0 Å². The molecular weight excluding hydrogens is 198 g/mol. The lowest BCUT2D eigenvalue weighted by atomic mass is 10.2. The summed E-state index contributed by atoms with van der Waals surface area (Å²) in [5.41, 5.74) is 2.86. The molecule has 1 aromatic carbocycles. The Morgan fingerprint density at radius 2 is 2.07 bits per heavy atom. The Kier molecular flexibility index (Phi) is 5.11. The van der Waals surface area contributed by atoms with E-state index in [0.29, 0.717) is 6.42 Å². The minimum absolute atomic E-state index is 0.328. The van der Waals surface area contributed by atoms with Gasteiger partial charge in [-0.15, -0.1) is 0 Å². The van der Waals surface area contributed by atoms with E-state index in [9.17, 15) is 4.79 Å². The third-order valence-corrected chi connectivity index (χ3v) is 2.74. The Labute approximate surface area is 87.5 Å². The van der Waals surface area contributed by atoms with E-state index in [0.717, 1.165) is 11.5 Å². The van der Waals surface area contributed by atoms with Crippen molar-refractivity contribution >= 4 is 17.7 Å². The maximum absolute atomic E-state index is 10.6. The van der Waals surface area contributed by atoms with E-state index in [1.165, 1.54) is 5.56 Å². The van der Waals surface area contributed by atoms with Gasteiger partial charge in [-0.05, 0) is 5.56 Å². The molecule has 1 amide bonds. The maximum Gasteiger partial charge on any atom is 0.244 e. The van der Waals surface area contributed by atoms with Gasteiger partial charge in [0, 0.05) is 17.9 Å². The summed E-state index contributed by atoms with van der Waals surface area (Å²) in [5, 5.41) is 8.24. The molecule has 3 nitrogen and oxygen atoms in total. The first-order valence-corrected chi connectivity index (χ1v) is 5.53. The summed E-state index contributed by atoms with van der Waals surface area (Å²) >= 11 is 1.68. The van der Waals surface area contributed by atoms with E-state index in [-0.39, 0.29) is 5.91 Å². The van der Waals surface area contributed by atoms with Gasteiger partial charge in [0.05, 0.1) is 0 Å². The molecule has 0 radical (unpaired) electrons. The van der Waals surface area contributed by atoms with Gasteiger partial charge in [0.1, 0.15) is 0 Å². The molecule has 0 aliphatic carbocycles. The van der Waals surface area contributed by atoms with Gasteiger partial charge in [-0.2, -0.15) is 11.8 Å². The second-order valence-corrected chi connectivity index (χ2v) is 3.93. The second-order valence-electron chi connectivity index (χ2n) is 2.82. The number of hydrogen-bond donors (Lipinski definition) is 2. The van der Waals surface area contributed by atoms with Crippen LogP contribution in [0.1, 0.15) is 12.0 Å². The number of rotatable bonds is 5. The van der Waals surface area contributed by atoms with Crippen LogP contribution in [-0.4, -0.2) is 16.9 Å². The van der Waals surface area contributed by atoms with E-state index in [1.807, 2.05) is 18.2 Å². The average Bonchev–Trinajstić information content (AvgIpc) is 2.25. The number of benzene rings is 1. The molecule has 0 saturated carbocycles. The summed E-state index contributed by atoms with van der Waals surface area (Å²) in [5.74, 6) is 1.30. The standard InChI is InChI=1S/C10H13NO2S/c12-10(11-13)6-7-14-8-9-4-2-1-3-5-9/h1-5,13H,6-8H2,(H,11,12). The first-order valence-electron chi connectivity index (χ1n) is 4.37. The Morgan fingerprint density at radius 3 is 2.71 bits per heavy atom. The minimum Gasteiger partial charge on any atom is -0.289 e. The largest absolute Gasteiger partial charge is 0.289 e. The van der Waals surface area contributed by atoms with Gasteiger partial charge >= 0.3 is 0 Å². The minimum atomic E-state index is -0.328. The van der Waals surface area contributed by atoms with Crippen LogP contribution in [0.3, 0.4) is 0 Å². The van der Waals surface area contributed by atoms with Gasteiger partial charge in [-0.3, -0.25) is 10.0 Å². The molecule has 14 heavy (non-hydrogen) atoms. The summed E-state index contributed by atoms with van der Waals surface area (Å²) in [7, 11) is 0. The van der Waals surface area contributed by atoms with Crippen molar-refractivity contribution in [3.63, 3.8) is 0 Å². The number of thioether (sulfide) groups is 1. The fourth-order valence-electron chi connectivity index (χ4n) is 0.985. The summed E-state index contributed by atoms with van der Waals surface area (Å²) in [6, 6.07) is 10.1. The van der Waals surface area contributed by atoms with Gasteiger partial charge in [0.15, 0.2) is 0 Å². The smallest absolute Gasteiger partial charge is 0.244 e. The maximum atomic E-state index is 10.6. The summed E-state index contributed by atoms with van der Waals surface area (Å²) in [4.78, 5) is 10.6. The van der Waals surface area contributed by atoms with Crippen LogP contribution in [-0.2, 0) is 10.5 Å². The van der Waals surface area contributed by atoms with Gasteiger partial charge in [0.2, 0.25) is 5.91 Å². The molecule has 0 saturated heterocycles. The number of amides is 1. The van der Waals surface area contributed by atoms with E-state index < -0.39 is 0 Å². The zero-order chi connectivity index (χ0) is 10.2. The average molecular weight is 211 g/mol. The van der Waals surface area contributed by atoms with Crippen LogP contribution in [0.5, 0.6) is 0 Å². The van der Waals surface area contributed by atoms with E-state index in [1.54, 1.807) is 17.2 Å². The van der Waals surface area contributed by atoms with Crippen LogP contribution in [0.25, 0.3) is 0 Å². The van der Waals surface area contributed by atoms with Crippen molar-refractivity contribution in [1.82, 2.24) is 5.48 Å². The lowest BCUT2D eigenvalue weighted by molar-refractivity contribution is -0.128. The predicted octanol–water partition coefficient (Wildman–Crippen LogP) is 1.82. The number of hydroxylamine groups is 1. The number of carbonyl (C=O) groups excluding carboxylic acids is 1. The molecule has 1 aromatic rings. The van der Waals surface area contributed by atoms with Crippen molar-refractivity contribution in [3.8, 4) is 0 Å². The van der Waals surface area contributed by atoms with Gasteiger partial charge in [0.25, 0.3) is 0 Å². The Hall–Kier alpha value is -1.00. The van der Waals surface area contributed by atoms with Crippen molar-refractivity contribution < 1.29 is 10.0 Å². The summed E-state index contributed by atoms with van der Waals surface area (Å²) < 4.78 is 0. The molecule has 2 N–H and O–H groups in total. The molecule has 1 rings (SSSR count). The molecule has 0 atom stereocenters. The second kappa shape index (κ2) is 6.45. The van der Waals surface area contributed by atoms with Gasteiger partial charge in [-0.25, -0.2) is 5.48 Å². The monoisotopic (exact) mass is 211 g/mol. The van der Waals surface area contributed by atoms with Crippen LogP contribution in [0.4, 0.5) is 0 Å². The van der Waals surface area contributed by atoms with Crippen LogP contribution < -0.4 is 5.48 Å². The van der Waals surface area contributed by atoms with E-state index in [4.69, 9.17) is 5.21 Å². The van der Waals surface area contributed by atoms with Crippen molar-refractivity contribution in [1.29, 1.82) is 0 Å². The molecule has 0 fully saturated rings. The lowest BCUT2D eigenvalue weighted by Crippen LogP contribution is -2.18. The van der Waals surface area contributed by atoms with E-state index >= 15 is 0 Å². The molecule has 76 valence electrons. The van der Waals surface area contributed by atoms with Crippen LogP contribution in [0.2, 0.25) is 0 Å². The molecule has 4 heteroatoms. The van der Waals surface area contributed by atoms with Crippen molar-refractivity contribution in [3.05, 3.63) is 35.9 Å². The fourth-order valence-corrected chi connectivity index (χ4v) is 1.89. The summed E-state index contributed by atoms with van der Waals surface area (Å²) in [6.07, 6.45) is 0.355. The van der Waals surface area contributed by atoms with Crippen molar-refractivity contribution in [2.24, 2.45) is 0 Å². The van der Waals surface area contributed by atoms with Crippen molar-refractivity contribution in [2.75, 3.05) is 5.75 Å². The highest BCUT2D eigenvalue weighted by molar-refractivity contribution is 7.98. The number of carbonyl (C=O) groups is 1. The Morgan fingerprint density at radius 1 is 1.36 bits per heavy atom. The van der Waals surface area contributed by atoms with Crippen LogP contribution in [0, 0.1) is 0 Å². The molecule has 0 aromatic heterocycles. The van der Waals surface area contributed by atoms with E-state index in [2.05, 4.69) is 12.1 Å². The molecule has 0 heterocycles. The summed E-state index contributed by atoms with van der Waals surface area (Å²) in [6.45, 7) is 0. The third-order valence-electron chi connectivity index (χ3n) is 1.71. The zero-order valence-electron chi connectivity index (χ0n) is 7.77. The third kappa shape index (κ3) is 4.30. The topological polar surface area (TPSA) is 49.3 Å². The predicted molar refractivity (Wildman–Crippen MR) is 57.2 cm³/mol. The zero-order valence-corrected chi connectivity index (χ0v) is 8.59. The fraction of sp³-hybridized carbons (Fsp3) is 0.300. The highest BCUT2D eigenvalue weighted by Crippen LogP contribution is 2.12. The highest BCUT2D eigenvalue weighted by atomic mass is 32.2. The normalized spacial score (nSPS) is 9.79. The molecule has 0 spiro atoms. The number of nitrogens with one attached hydrogen (secondary N) is 1. The number of hydrogen-bond acceptors (Lipinski definition) is 3. The Balaban J connectivity index is 2.13. The first kappa shape index (κ1) is 11.1. The van der Waals surface area contributed by atoms with Crippen molar-refractivity contribution in [2.45, 2.75) is 12.2 Å². The first-order chi connectivity index (χ1) is 6.83.